The van der Waals surface area contributed by atoms with Crippen LogP contribution in [0.5, 0.6) is 5.75 Å². The van der Waals surface area contributed by atoms with Crippen molar-refractivity contribution in [3.8, 4) is 11.8 Å². The number of carbonyl (C=O) groups is 1. The lowest BCUT2D eigenvalue weighted by Gasteiger charge is -2.22. The molecule has 0 bridgehead atoms. The maximum Gasteiger partial charge on any atom is 0.274 e. The third-order valence-corrected chi connectivity index (χ3v) is 3.63. The van der Waals surface area contributed by atoms with Crippen LogP contribution < -0.4 is 4.74 Å². The number of carbonyl (C=O) groups excluding carboxylic acids is 1. The Kier molecular flexibility index (Phi) is 5.69. The zero-order valence-corrected chi connectivity index (χ0v) is 13.9. The third kappa shape index (κ3) is 4.32. The second-order valence-electron chi connectivity index (χ2n) is 5.45. The van der Waals surface area contributed by atoms with E-state index in [0.29, 0.717) is 16.9 Å². The fraction of sp³-hybridized carbons (Fsp3) is 0.222. The Morgan fingerprint density at radius 3 is 2.60 bits per heavy atom. The number of amides is 1. The summed E-state index contributed by atoms with van der Waals surface area (Å²) >= 11 is 0. The van der Waals surface area contributed by atoms with Gasteiger partial charge in [0.15, 0.2) is 6.10 Å². The van der Waals surface area contributed by atoms with Gasteiger partial charge in [-0.1, -0.05) is 30.3 Å². The Bertz CT molecular complexity index is 829. The zero-order chi connectivity index (χ0) is 18.4. The second kappa shape index (κ2) is 7.93. The predicted molar refractivity (Wildman–Crippen MR) is 90.8 cm³/mol. The first kappa shape index (κ1) is 17.9. The summed E-state index contributed by atoms with van der Waals surface area (Å²) in [6.45, 7) is 1.66. The van der Waals surface area contributed by atoms with Gasteiger partial charge in [0, 0.05) is 18.7 Å². The van der Waals surface area contributed by atoms with Crippen LogP contribution in [0.3, 0.4) is 0 Å². The molecule has 0 N–H and O–H groups in total. The number of benzene rings is 2. The van der Waals surface area contributed by atoms with Crippen molar-refractivity contribution in [3.05, 3.63) is 69.8 Å². The van der Waals surface area contributed by atoms with Crippen molar-refractivity contribution in [2.24, 2.45) is 0 Å². The van der Waals surface area contributed by atoms with Crippen molar-refractivity contribution in [1.82, 2.24) is 4.90 Å². The number of para-hydroxylation sites is 2. The van der Waals surface area contributed by atoms with Crippen LogP contribution in [-0.4, -0.2) is 28.9 Å². The van der Waals surface area contributed by atoms with E-state index in [1.165, 1.54) is 11.0 Å². The van der Waals surface area contributed by atoms with Crippen molar-refractivity contribution in [1.29, 1.82) is 5.26 Å². The van der Waals surface area contributed by atoms with Crippen LogP contribution in [-0.2, 0) is 11.3 Å². The van der Waals surface area contributed by atoms with E-state index in [-0.39, 0.29) is 18.1 Å². The summed E-state index contributed by atoms with van der Waals surface area (Å²) in [6.07, 6.45) is -0.831. The minimum Gasteiger partial charge on any atom is -0.480 e. The van der Waals surface area contributed by atoms with Gasteiger partial charge in [-0.2, -0.15) is 5.26 Å². The second-order valence-corrected chi connectivity index (χ2v) is 5.45. The maximum atomic E-state index is 12.5. The molecule has 1 unspecified atom stereocenters. The minimum atomic E-state index is -0.831. The minimum absolute atomic E-state index is 0.0365. The molecule has 0 aliphatic heterocycles. The van der Waals surface area contributed by atoms with E-state index < -0.39 is 11.0 Å². The van der Waals surface area contributed by atoms with Gasteiger partial charge in [0.25, 0.3) is 11.6 Å². The summed E-state index contributed by atoms with van der Waals surface area (Å²) in [5, 5.41) is 20.1. The number of nitrogens with zero attached hydrogens (tertiary/aromatic N) is 3. The molecule has 0 aliphatic rings. The van der Waals surface area contributed by atoms with Crippen LogP contribution in [0.15, 0.2) is 48.5 Å². The molecular weight excluding hydrogens is 322 g/mol. The molecule has 7 heteroatoms. The molecule has 2 aromatic rings. The van der Waals surface area contributed by atoms with E-state index in [9.17, 15) is 14.9 Å². The normalized spacial score (nSPS) is 11.2. The average Bonchev–Trinajstić information content (AvgIpc) is 2.61. The van der Waals surface area contributed by atoms with Crippen LogP contribution in [0.4, 0.5) is 5.69 Å². The van der Waals surface area contributed by atoms with Crippen LogP contribution in [0, 0.1) is 21.4 Å². The number of ether oxygens (including phenoxy) is 1. The van der Waals surface area contributed by atoms with E-state index in [1.807, 2.05) is 6.07 Å². The molecule has 7 nitrogen and oxygen atoms in total. The van der Waals surface area contributed by atoms with E-state index >= 15 is 0 Å². The molecule has 0 saturated heterocycles. The third-order valence-electron chi connectivity index (χ3n) is 3.63. The number of nitro benzene ring substituents is 1. The van der Waals surface area contributed by atoms with Crippen molar-refractivity contribution >= 4 is 11.6 Å². The molecule has 1 atom stereocenters. The molecule has 2 rings (SSSR count). The number of nitriles is 1. The molecule has 0 aromatic heterocycles. The van der Waals surface area contributed by atoms with Gasteiger partial charge in [0.05, 0.1) is 17.0 Å². The highest BCUT2D eigenvalue weighted by molar-refractivity contribution is 5.80. The summed E-state index contributed by atoms with van der Waals surface area (Å²) < 4.78 is 5.59. The zero-order valence-electron chi connectivity index (χ0n) is 13.9. The van der Waals surface area contributed by atoms with Crippen LogP contribution in [0.1, 0.15) is 18.1 Å². The van der Waals surface area contributed by atoms with Crippen molar-refractivity contribution < 1.29 is 14.5 Å². The maximum absolute atomic E-state index is 12.5. The molecule has 0 aliphatic carbocycles. The summed E-state index contributed by atoms with van der Waals surface area (Å²) in [5.41, 5.74) is 0.738. The van der Waals surface area contributed by atoms with E-state index in [2.05, 4.69) is 0 Å². The Balaban J connectivity index is 2.10. The van der Waals surface area contributed by atoms with Gasteiger partial charge in [-0.25, -0.2) is 0 Å². The Labute approximate surface area is 145 Å². The monoisotopic (exact) mass is 339 g/mol. The van der Waals surface area contributed by atoms with Gasteiger partial charge in [0.1, 0.15) is 11.8 Å². The highest BCUT2D eigenvalue weighted by Gasteiger charge is 2.22. The molecule has 2 aromatic carbocycles. The van der Waals surface area contributed by atoms with Gasteiger partial charge in [-0.3, -0.25) is 14.9 Å². The lowest BCUT2D eigenvalue weighted by atomic mass is 10.1. The highest BCUT2D eigenvalue weighted by Crippen LogP contribution is 2.21. The number of likely N-dealkylation sites (N-methyl/N-ethyl adjacent to an activating group) is 1. The Hall–Kier alpha value is -3.40. The molecule has 0 radical (unpaired) electrons. The molecule has 0 spiro atoms. The molecule has 1 amide bonds. The van der Waals surface area contributed by atoms with Gasteiger partial charge in [-0.15, -0.1) is 0 Å². The smallest absolute Gasteiger partial charge is 0.274 e. The molecule has 25 heavy (non-hydrogen) atoms. The van der Waals surface area contributed by atoms with E-state index in [4.69, 9.17) is 10.00 Å². The molecule has 0 saturated carbocycles. The Morgan fingerprint density at radius 1 is 1.28 bits per heavy atom. The van der Waals surface area contributed by atoms with Gasteiger partial charge in [0.2, 0.25) is 0 Å². The fourth-order valence-electron chi connectivity index (χ4n) is 2.37. The summed E-state index contributed by atoms with van der Waals surface area (Å²) in [4.78, 5) is 24.4. The summed E-state index contributed by atoms with van der Waals surface area (Å²) in [6, 6.07) is 14.9. The summed E-state index contributed by atoms with van der Waals surface area (Å²) in [5.74, 6) is -0.0177. The molecular formula is C18H17N3O4. The molecule has 0 fully saturated rings. The van der Waals surface area contributed by atoms with E-state index in [1.54, 1.807) is 56.4 Å². The largest absolute Gasteiger partial charge is 0.480 e. The lowest BCUT2D eigenvalue weighted by molar-refractivity contribution is -0.385. The number of hydrogen-bond acceptors (Lipinski definition) is 5. The number of rotatable bonds is 6. The van der Waals surface area contributed by atoms with Gasteiger partial charge < -0.3 is 9.64 Å². The van der Waals surface area contributed by atoms with Crippen LogP contribution in [0.25, 0.3) is 0 Å². The first-order valence-electron chi connectivity index (χ1n) is 7.57. The predicted octanol–water partition coefficient (Wildman–Crippen LogP) is 2.89. The lowest BCUT2D eigenvalue weighted by Crippen LogP contribution is -2.37. The number of nitro groups is 1. The van der Waals surface area contributed by atoms with Crippen LogP contribution >= 0.6 is 0 Å². The highest BCUT2D eigenvalue weighted by atomic mass is 16.6. The van der Waals surface area contributed by atoms with Crippen molar-refractivity contribution in [2.75, 3.05) is 7.05 Å². The fourth-order valence-corrected chi connectivity index (χ4v) is 2.37. The first-order valence-corrected chi connectivity index (χ1v) is 7.57. The quantitative estimate of drug-likeness (QED) is 0.595. The molecule has 0 heterocycles. The van der Waals surface area contributed by atoms with Crippen molar-refractivity contribution in [2.45, 2.75) is 19.6 Å². The van der Waals surface area contributed by atoms with Gasteiger partial charge >= 0.3 is 0 Å². The van der Waals surface area contributed by atoms with Crippen molar-refractivity contribution in [3.63, 3.8) is 0 Å². The number of hydrogen-bond donors (Lipinski definition) is 0. The van der Waals surface area contributed by atoms with Gasteiger partial charge in [-0.05, 0) is 19.1 Å². The van der Waals surface area contributed by atoms with E-state index in [0.717, 1.165) is 0 Å². The summed E-state index contributed by atoms with van der Waals surface area (Å²) in [7, 11) is 1.55. The molecule has 128 valence electrons. The first-order chi connectivity index (χ1) is 11.9. The average molecular weight is 339 g/mol. The Morgan fingerprint density at radius 2 is 1.92 bits per heavy atom. The standard InChI is InChI=1S/C18H17N3O4/c1-13(25-17-10-6-4-7-14(17)11-19)18(22)20(2)12-15-8-3-5-9-16(15)21(23)24/h3-10,13H,12H2,1-2H3. The SMILES string of the molecule is CC(Oc1ccccc1C#N)C(=O)N(C)Cc1ccccc1[N+](=O)[O-]. The topological polar surface area (TPSA) is 96.5 Å². The van der Waals surface area contributed by atoms with Crippen LogP contribution in [0.2, 0.25) is 0 Å².